The van der Waals surface area contributed by atoms with Gasteiger partial charge in [0.15, 0.2) is 6.61 Å². The van der Waals surface area contributed by atoms with E-state index in [1.165, 1.54) is 0 Å². The number of carbonyl (C=O) groups is 1. The van der Waals surface area contributed by atoms with Crippen LogP contribution in [0.5, 0.6) is 5.75 Å². The summed E-state index contributed by atoms with van der Waals surface area (Å²) in [6, 6.07) is 9.80. The molecule has 0 radical (unpaired) electrons. The number of para-hydroxylation sites is 1. The summed E-state index contributed by atoms with van der Waals surface area (Å²) in [5, 5.41) is 2.86. The maximum atomic E-state index is 12.1. The normalized spacial score (nSPS) is 10.4. The van der Waals surface area contributed by atoms with Crippen LogP contribution in [0, 0.1) is 20.8 Å². The fraction of sp³-hybridized carbons (Fsp3) is 0.235. The molecule has 0 fully saturated rings. The molecule has 0 heterocycles. The molecule has 0 aliphatic carbocycles. The van der Waals surface area contributed by atoms with Crippen LogP contribution in [0.2, 0.25) is 0 Å². The maximum absolute atomic E-state index is 12.1. The zero-order valence-corrected chi connectivity index (χ0v) is 15.8. The highest BCUT2D eigenvalue weighted by molar-refractivity contribution is 9.11. The highest BCUT2D eigenvalue weighted by Crippen LogP contribution is 2.32. The molecule has 2 rings (SSSR count). The van der Waals surface area contributed by atoms with Crippen molar-refractivity contribution in [3.05, 3.63) is 56.0 Å². The van der Waals surface area contributed by atoms with Gasteiger partial charge in [0.1, 0.15) is 5.75 Å². The van der Waals surface area contributed by atoms with Crippen molar-refractivity contribution < 1.29 is 9.53 Å². The van der Waals surface area contributed by atoms with Crippen molar-refractivity contribution in [2.75, 3.05) is 11.9 Å². The average Bonchev–Trinajstić information content (AvgIpc) is 2.42. The van der Waals surface area contributed by atoms with E-state index in [1.807, 2.05) is 51.1 Å². The number of rotatable bonds is 4. The van der Waals surface area contributed by atoms with Crippen molar-refractivity contribution in [1.82, 2.24) is 0 Å². The lowest BCUT2D eigenvalue weighted by atomic mass is 10.1. The molecular weight excluding hydrogens is 410 g/mol. The van der Waals surface area contributed by atoms with Crippen LogP contribution in [-0.4, -0.2) is 12.5 Å². The largest absolute Gasteiger partial charge is 0.483 e. The Morgan fingerprint density at radius 3 is 2.18 bits per heavy atom. The summed E-state index contributed by atoms with van der Waals surface area (Å²) in [5.41, 5.74) is 3.85. The van der Waals surface area contributed by atoms with Crippen molar-refractivity contribution in [1.29, 1.82) is 0 Å². The van der Waals surface area contributed by atoms with E-state index in [0.717, 1.165) is 31.4 Å². The summed E-state index contributed by atoms with van der Waals surface area (Å²) in [4.78, 5) is 12.1. The summed E-state index contributed by atoms with van der Waals surface area (Å²) in [6.45, 7) is 5.89. The van der Waals surface area contributed by atoms with Crippen molar-refractivity contribution in [2.24, 2.45) is 0 Å². The lowest BCUT2D eigenvalue weighted by Gasteiger charge is -2.13. The predicted octanol–water partition coefficient (Wildman–Crippen LogP) is 5.15. The van der Waals surface area contributed by atoms with E-state index < -0.39 is 0 Å². The third kappa shape index (κ3) is 4.11. The topological polar surface area (TPSA) is 38.3 Å². The first kappa shape index (κ1) is 17.0. The molecule has 0 saturated heterocycles. The van der Waals surface area contributed by atoms with E-state index in [0.29, 0.717) is 5.69 Å². The number of aryl methyl sites for hydroxylation is 3. The fourth-order valence-electron chi connectivity index (χ4n) is 2.16. The molecule has 1 N–H and O–H groups in total. The molecule has 0 unspecified atom stereocenters. The first-order chi connectivity index (χ1) is 10.4. The third-order valence-corrected chi connectivity index (χ3v) is 4.46. The molecule has 116 valence electrons. The van der Waals surface area contributed by atoms with Gasteiger partial charge in [0, 0.05) is 8.95 Å². The van der Waals surface area contributed by atoms with E-state index in [1.54, 1.807) is 0 Å². The number of ether oxygens (including phenoxy) is 1. The zero-order valence-electron chi connectivity index (χ0n) is 12.7. The highest BCUT2D eigenvalue weighted by Gasteiger charge is 2.12. The van der Waals surface area contributed by atoms with Gasteiger partial charge in [-0.25, -0.2) is 0 Å². The first-order valence-corrected chi connectivity index (χ1v) is 8.41. The molecule has 0 spiro atoms. The SMILES string of the molecule is Cc1cc(Br)c(NC(=O)COc2c(C)cccc2C)c(Br)c1. The molecule has 0 saturated carbocycles. The fourth-order valence-corrected chi connectivity index (χ4v) is 3.77. The molecule has 5 heteroatoms. The molecular formula is C17H17Br2NO2. The number of amides is 1. The highest BCUT2D eigenvalue weighted by atomic mass is 79.9. The second-order valence-corrected chi connectivity index (χ2v) is 6.87. The third-order valence-electron chi connectivity index (χ3n) is 3.21. The molecule has 0 atom stereocenters. The summed E-state index contributed by atoms with van der Waals surface area (Å²) >= 11 is 6.92. The zero-order chi connectivity index (χ0) is 16.3. The smallest absolute Gasteiger partial charge is 0.262 e. The van der Waals surface area contributed by atoms with Gasteiger partial charge in [-0.1, -0.05) is 18.2 Å². The van der Waals surface area contributed by atoms with Gasteiger partial charge < -0.3 is 10.1 Å². The number of nitrogens with one attached hydrogen (secondary N) is 1. The monoisotopic (exact) mass is 425 g/mol. The Hall–Kier alpha value is -1.33. The summed E-state index contributed by atoms with van der Waals surface area (Å²) < 4.78 is 7.33. The van der Waals surface area contributed by atoms with E-state index in [-0.39, 0.29) is 12.5 Å². The summed E-state index contributed by atoms with van der Waals surface area (Å²) in [5.74, 6) is 0.563. The molecule has 0 aliphatic rings. The molecule has 0 bridgehead atoms. The Morgan fingerprint density at radius 2 is 1.64 bits per heavy atom. The van der Waals surface area contributed by atoms with Crippen molar-refractivity contribution in [3.8, 4) is 5.75 Å². The molecule has 2 aromatic rings. The van der Waals surface area contributed by atoms with Crippen LogP contribution in [0.4, 0.5) is 5.69 Å². The van der Waals surface area contributed by atoms with Gasteiger partial charge in [-0.3, -0.25) is 4.79 Å². The minimum atomic E-state index is -0.201. The van der Waals surface area contributed by atoms with Gasteiger partial charge in [0.05, 0.1) is 5.69 Å². The lowest BCUT2D eigenvalue weighted by Crippen LogP contribution is -2.21. The van der Waals surface area contributed by atoms with Crippen LogP contribution in [0.15, 0.2) is 39.3 Å². The van der Waals surface area contributed by atoms with E-state index in [2.05, 4.69) is 37.2 Å². The number of benzene rings is 2. The molecule has 2 aromatic carbocycles. The number of carbonyl (C=O) groups excluding carboxylic acids is 1. The van der Waals surface area contributed by atoms with Crippen molar-refractivity contribution in [2.45, 2.75) is 20.8 Å². The van der Waals surface area contributed by atoms with Crippen molar-refractivity contribution >= 4 is 43.5 Å². The Morgan fingerprint density at radius 1 is 1.09 bits per heavy atom. The van der Waals surface area contributed by atoms with E-state index >= 15 is 0 Å². The van der Waals surface area contributed by atoms with Gasteiger partial charge >= 0.3 is 0 Å². The van der Waals surface area contributed by atoms with Gasteiger partial charge in [0.25, 0.3) is 5.91 Å². The molecule has 0 aliphatic heterocycles. The van der Waals surface area contributed by atoms with Crippen molar-refractivity contribution in [3.63, 3.8) is 0 Å². The van der Waals surface area contributed by atoms with E-state index in [9.17, 15) is 4.79 Å². The van der Waals surface area contributed by atoms with Gasteiger partial charge in [-0.2, -0.15) is 0 Å². The average molecular weight is 427 g/mol. The first-order valence-electron chi connectivity index (χ1n) is 6.83. The standard InChI is InChI=1S/C17H17Br2NO2/c1-10-7-13(18)16(14(19)8-10)20-15(21)9-22-17-11(2)5-4-6-12(17)3/h4-8H,9H2,1-3H3,(H,20,21). The molecule has 3 nitrogen and oxygen atoms in total. The van der Waals surface area contributed by atoms with Crippen LogP contribution in [0.3, 0.4) is 0 Å². The number of hydrogen-bond donors (Lipinski definition) is 1. The minimum absolute atomic E-state index is 0.0293. The lowest BCUT2D eigenvalue weighted by molar-refractivity contribution is -0.118. The molecule has 0 aromatic heterocycles. The summed E-state index contributed by atoms with van der Waals surface area (Å²) in [6.07, 6.45) is 0. The maximum Gasteiger partial charge on any atom is 0.262 e. The second kappa shape index (κ2) is 7.29. The predicted molar refractivity (Wildman–Crippen MR) is 96.6 cm³/mol. The Balaban J connectivity index is 2.05. The number of halogens is 2. The summed E-state index contributed by atoms with van der Waals surface area (Å²) in [7, 11) is 0. The van der Waals surface area contributed by atoms with Crippen LogP contribution >= 0.6 is 31.9 Å². The molecule has 22 heavy (non-hydrogen) atoms. The number of hydrogen-bond acceptors (Lipinski definition) is 2. The Kier molecular flexibility index (Phi) is 5.64. The van der Waals surface area contributed by atoms with Crippen LogP contribution in [0.1, 0.15) is 16.7 Å². The van der Waals surface area contributed by atoms with Gasteiger partial charge in [-0.05, 0) is 81.5 Å². The van der Waals surface area contributed by atoms with E-state index in [4.69, 9.17) is 4.74 Å². The van der Waals surface area contributed by atoms with Gasteiger partial charge in [-0.15, -0.1) is 0 Å². The number of anilines is 1. The molecule has 1 amide bonds. The van der Waals surface area contributed by atoms with Crippen LogP contribution in [0.25, 0.3) is 0 Å². The quantitative estimate of drug-likeness (QED) is 0.733. The Bertz CT molecular complexity index is 671. The van der Waals surface area contributed by atoms with Gasteiger partial charge in [0.2, 0.25) is 0 Å². The Labute approximate surface area is 147 Å². The van der Waals surface area contributed by atoms with Crippen LogP contribution < -0.4 is 10.1 Å². The minimum Gasteiger partial charge on any atom is -0.483 e. The van der Waals surface area contributed by atoms with Crippen LogP contribution in [-0.2, 0) is 4.79 Å². The second-order valence-electron chi connectivity index (χ2n) is 5.16.